The summed E-state index contributed by atoms with van der Waals surface area (Å²) in [5.74, 6) is -1.78. The minimum atomic E-state index is -0.922. The van der Waals surface area contributed by atoms with E-state index in [0.717, 1.165) is 12.8 Å². The average Bonchev–Trinajstić information content (AvgIpc) is 2.80. The first-order chi connectivity index (χ1) is 12.0. The largest absolute Gasteiger partial charge is 0.461 e. The van der Waals surface area contributed by atoms with E-state index < -0.39 is 29.2 Å². The summed E-state index contributed by atoms with van der Waals surface area (Å²) in [4.78, 5) is 25.3. The van der Waals surface area contributed by atoms with Gasteiger partial charge in [-0.25, -0.2) is 9.59 Å². The molecule has 0 aromatic heterocycles. The van der Waals surface area contributed by atoms with Gasteiger partial charge >= 0.3 is 12.1 Å². The molecule has 0 aliphatic carbocycles. The third kappa shape index (κ3) is 6.94. The number of allylic oxidation sites excluding steroid dienone is 1. The van der Waals surface area contributed by atoms with Crippen molar-refractivity contribution in [2.45, 2.75) is 84.6 Å². The lowest BCUT2D eigenvalue weighted by Gasteiger charge is -2.35. The van der Waals surface area contributed by atoms with Crippen molar-refractivity contribution in [3.63, 3.8) is 0 Å². The van der Waals surface area contributed by atoms with E-state index in [1.165, 1.54) is 6.08 Å². The number of carbonyl (C=O) groups excluding carboxylic acids is 2. The molecule has 0 aromatic carbocycles. The summed E-state index contributed by atoms with van der Waals surface area (Å²) < 4.78 is 29.3. The Labute approximate surface area is 155 Å². The molecule has 0 saturated carbocycles. The fourth-order valence-electron chi connectivity index (χ4n) is 2.81. The molecule has 1 aliphatic heterocycles. The quantitative estimate of drug-likeness (QED) is 0.377. The van der Waals surface area contributed by atoms with Gasteiger partial charge in [-0.1, -0.05) is 6.42 Å². The van der Waals surface area contributed by atoms with Crippen molar-refractivity contribution >= 4 is 12.1 Å². The molecule has 1 atom stereocenters. The Morgan fingerprint density at radius 2 is 1.96 bits per heavy atom. The molecule has 7 heteroatoms. The molecule has 0 aromatic rings. The van der Waals surface area contributed by atoms with E-state index >= 15 is 0 Å². The summed E-state index contributed by atoms with van der Waals surface area (Å²) in [6.45, 7) is 11.4. The highest BCUT2D eigenvalue weighted by molar-refractivity contribution is 5.85. The molecule has 1 fully saturated rings. The first-order valence-electron chi connectivity index (χ1n) is 9.17. The molecule has 1 heterocycles. The molecule has 150 valence electrons. The molecule has 1 rings (SSSR count). The van der Waals surface area contributed by atoms with E-state index in [-0.39, 0.29) is 12.6 Å². The van der Waals surface area contributed by atoms with Crippen LogP contribution in [0.15, 0.2) is 11.9 Å². The minimum Gasteiger partial charge on any atom is -0.461 e. The van der Waals surface area contributed by atoms with Gasteiger partial charge in [0.15, 0.2) is 0 Å². The van der Waals surface area contributed by atoms with Crippen molar-refractivity contribution in [3.8, 4) is 0 Å². The third-order valence-electron chi connectivity index (χ3n) is 3.95. The number of rotatable bonds is 7. The Kier molecular flexibility index (Phi) is 8.06. The molecule has 26 heavy (non-hydrogen) atoms. The van der Waals surface area contributed by atoms with E-state index in [2.05, 4.69) is 4.74 Å². The summed E-state index contributed by atoms with van der Waals surface area (Å²) in [6, 6.07) is -0.0845. The van der Waals surface area contributed by atoms with E-state index in [1.54, 1.807) is 11.8 Å². The Morgan fingerprint density at radius 1 is 1.31 bits per heavy atom. The number of halogens is 1. The number of hydrogen-bond acceptors (Lipinski definition) is 5. The van der Waals surface area contributed by atoms with Crippen LogP contribution in [0.2, 0.25) is 0 Å². The SMILES string of the molecule is CCOC(=O)/C(F)=C/CCCC[C@H]1COC(C)(C)N1C(=O)OC(C)(C)C. The first kappa shape index (κ1) is 22.4. The maximum absolute atomic E-state index is 13.4. The summed E-state index contributed by atoms with van der Waals surface area (Å²) in [7, 11) is 0. The zero-order chi connectivity index (χ0) is 20.0. The number of amides is 1. The standard InChI is InChI=1S/C19H32FNO5/c1-7-24-16(22)15(20)12-10-8-9-11-14-13-25-19(5,6)21(14)17(23)26-18(2,3)4/h12,14H,7-11,13H2,1-6H3/b15-12-/t14-/m0/s1. The molecule has 0 spiro atoms. The van der Waals surface area contributed by atoms with Gasteiger partial charge in [0.1, 0.15) is 11.3 Å². The van der Waals surface area contributed by atoms with Crippen LogP contribution in [0, 0.1) is 0 Å². The highest BCUT2D eigenvalue weighted by atomic mass is 19.1. The van der Waals surface area contributed by atoms with Gasteiger partial charge in [-0.15, -0.1) is 0 Å². The summed E-state index contributed by atoms with van der Waals surface area (Å²) in [6.07, 6.45) is 3.49. The number of unbranched alkanes of at least 4 members (excludes halogenated alkanes) is 2. The zero-order valence-electron chi connectivity index (χ0n) is 16.8. The maximum Gasteiger partial charge on any atom is 0.412 e. The van der Waals surface area contributed by atoms with Gasteiger partial charge in [0, 0.05) is 0 Å². The highest BCUT2D eigenvalue weighted by Crippen LogP contribution is 2.31. The van der Waals surface area contributed by atoms with Gasteiger partial charge in [-0.2, -0.15) is 4.39 Å². The second kappa shape index (κ2) is 9.35. The van der Waals surface area contributed by atoms with Crippen molar-refractivity contribution < 1.29 is 28.2 Å². The predicted octanol–water partition coefficient (Wildman–Crippen LogP) is 4.34. The van der Waals surface area contributed by atoms with Crippen LogP contribution < -0.4 is 0 Å². The first-order valence-corrected chi connectivity index (χ1v) is 9.17. The molecule has 6 nitrogen and oxygen atoms in total. The molecule has 0 bridgehead atoms. The molecule has 0 unspecified atom stereocenters. The zero-order valence-corrected chi connectivity index (χ0v) is 16.8. The molecule has 0 radical (unpaired) electrons. The molecular formula is C19H32FNO5. The van der Waals surface area contributed by atoms with Crippen molar-refractivity contribution in [3.05, 3.63) is 11.9 Å². The predicted molar refractivity (Wildman–Crippen MR) is 96.2 cm³/mol. The minimum absolute atomic E-state index is 0.0845. The lowest BCUT2D eigenvalue weighted by atomic mass is 10.1. The Morgan fingerprint density at radius 3 is 2.54 bits per heavy atom. The second-order valence-corrected chi connectivity index (χ2v) is 7.82. The summed E-state index contributed by atoms with van der Waals surface area (Å²) >= 11 is 0. The maximum atomic E-state index is 13.4. The Bertz CT molecular complexity index is 525. The molecule has 1 amide bonds. The number of nitrogens with zero attached hydrogens (tertiary/aromatic N) is 1. The van der Waals surface area contributed by atoms with Crippen molar-refractivity contribution in [2.24, 2.45) is 0 Å². The van der Waals surface area contributed by atoms with Gasteiger partial charge < -0.3 is 14.2 Å². The normalized spacial score (nSPS) is 20.2. The van der Waals surface area contributed by atoms with Crippen molar-refractivity contribution in [2.75, 3.05) is 13.2 Å². The van der Waals surface area contributed by atoms with Gasteiger partial charge in [-0.3, -0.25) is 4.90 Å². The van der Waals surface area contributed by atoms with Crippen LogP contribution in [0.4, 0.5) is 9.18 Å². The molecule has 1 saturated heterocycles. The van der Waals surface area contributed by atoms with Crippen LogP contribution in [0.25, 0.3) is 0 Å². The van der Waals surface area contributed by atoms with Crippen LogP contribution >= 0.6 is 0 Å². The average molecular weight is 373 g/mol. The molecule has 0 N–H and O–H groups in total. The van der Waals surface area contributed by atoms with Crippen molar-refractivity contribution in [1.82, 2.24) is 4.90 Å². The van der Waals surface area contributed by atoms with Crippen LogP contribution in [-0.2, 0) is 19.0 Å². The number of hydrogen-bond donors (Lipinski definition) is 0. The molecular weight excluding hydrogens is 341 g/mol. The summed E-state index contributed by atoms with van der Waals surface area (Å²) in [5, 5.41) is 0. The second-order valence-electron chi connectivity index (χ2n) is 7.82. The van der Waals surface area contributed by atoms with E-state index in [4.69, 9.17) is 9.47 Å². The van der Waals surface area contributed by atoms with Gasteiger partial charge in [0.05, 0.1) is 19.3 Å². The highest BCUT2D eigenvalue weighted by Gasteiger charge is 2.45. The number of esters is 1. The third-order valence-corrected chi connectivity index (χ3v) is 3.95. The van der Waals surface area contributed by atoms with Crippen LogP contribution in [0.5, 0.6) is 0 Å². The monoisotopic (exact) mass is 373 g/mol. The van der Waals surface area contributed by atoms with E-state index in [9.17, 15) is 14.0 Å². The Hall–Kier alpha value is -1.63. The fraction of sp³-hybridized carbons (Fsp3) is 0.789. The van der Waals surface area contributed by atoms with Gasteiger partial charge in [-0.05, 0) is 66.9 Å². The van der Waals surface area contributed by atoms with Crippen LogP contribution in [0.1, 0.15) is 67.2 Å². The smallest absolute Gasteiger partial charge is 0.412 e. The number of carbonyl (C=O) groups is 2. The topological polar surface area (TPSA) is 65.1 Å². The Balaban J connectivity index is 2.51. The van der Waals surface area contributed by atoms with Crippen molar-refractivity contribution in [1.29, 1.82) is 0 Å². The van der Waals surface area contributed by atoms with E-state index in [0.29, 0.717) is 19.4 Å². The fourth-order valence-corrected chi connectivity index (χ4v) is 2.81. The number of ether oxygens (including phenoxy) is 3. The van der Waals surface area contributed by atoms with Crippen LogP contribution in [-0.4, -0.2) is 47.5 Å². The van der Waals surface area contributed by atoms with E-state index in [1.807, 2.05) is 34.6 Å². The van der Waals surface area contributed by atoms with Gasteiger partial charge in [0.25, 0.3) is 0 Å². The lowest BCUT2D eigenvalue weighted by molar-refractivity contribution is -0.140. The molecule has 1 aliphatic rings. The van der Waals surface area contributed by atoms with Gasteiger partial charge in [0.2, 0.25) is 5.83 Å². The lowest BCUT2D eigenvalue weighted by Crippen LogP contribution is -2.49. The van der Waals surface area contributed by atoms with Crippen LogP contribution in [0.3, 0.4) is 0 Å². The summed E-state index contributed by atoms with van der Waals surface area (Å²) in [5.41, 5.74) is -1.29.